The molecule has 1 unspecified atom stereocenters. The van der Waals surface area contributed by atoms with Crippen LogP contribution < -0.4 is 16.8 Å². The molecule has 0 radical (unpaired) electrons. The summed E-state index contributed by atoms with van der Waals surface area (Å²) in [5, 5.41) is 2.95. The number of hydrogen-bond acceptors (Lipinski definition) is 6. The Morgan fingerprint density at radius 3 is 2.65 bits per heavy atom. The standard InChI is InChI=1S/C16H22N6O/c1-21-8-10-22(11-9-21)14(23)12-4-2-3-5-13(12)16(18)6-7-19-15(17)20-16/h2-7H,8-11,18H2,1H3,(H3,17,19,20). The van der Waals surface area contributed by atoms with Crippen LogP contribution in [0.15, 0.2) is 41.5 Å². The van der Waals surface area contributed by atoms with E-state index in [0.717, 1.165) is 13.1 Å². The van der Waals surface area contributed by atoms with Crippen LogP contribution >= 0.6 is 0 Å². The summed E-state index contributed by atoms with van der Waals surface area (Å²) in [4.78, 5) is 21.0. The smallest absolute Gasteiger partial charge is 0.254 e. The Morgan fingerprint density at radius 1 is 1.26 bits per heavy atom. The number of benzene rings is 1. The first kappa shape index (κ1) is 15.5. The number of carbonyl (C=O) groups excluding carboxylic acids is 1. The molecular weight excluding hydrogens is 292 g/mol. The lowest BCUT2D eigenvalue weighted by Crippen LogP contribution is -2.56. The van der Waals surface area contributed by atoms with Crippen molar-refractivity contribution in [2.75, 3.05) is 33.2 Å². The van der Waals surface area contributed by atoms with Gasteiger partial charge in [0.05, 0.1) is 0 Å². The molecule has 1 aromatic rings. The Labute approximate surface area is 135 Å². The number of rotatable bonds is 2. The number of nitrogens with zero attached hydrogens (tertiary/aromatic N) is 3. The molecule has 122 valence electrons. The highest BCUT2D eigenvalue weighted by atomic mass is 16.2. The highest BCUT2D eigenvalue weighted by Gasteiger charge is 2.32. The van der Waals surface area contributed by atoms with Gasteiger partial charge in [0, 0.05) is 43.5 Å². The molecule has 23 heavy (non-hydrogen) atoms. The zero-order valence-corrected chi connectivity index (χ0v) is 13.2. The molecule has 0 aliphatic carbocycles. The van der Waals surface area contributed by atoms with E-state index in [1.54, 1.807) is 12.3 Å². The molecule has 5 N–H and O–H groups in total. The lowest BCUT2D eigenvalue weighted by atomic mass is 9.93. The van der Waals surface area contributed by atoms with Gasteiger partial charge in [-0.25, -0.2) is 4.99 Å². The van der Waals surface area contributed by atoms with Crippen LogP contribution in [0, 0.1) is 0 Å². The number of nitrogens with two attached hydrogens (primary N) is 2. The SMILES string of the molecule is CN1CCN(C(=O)c2ccccc2C2(N)C=CN=C(N)N2)CC1. The normalized spacial score (nSPS) is 25.0. The van der Waals surface area contributed by atoms with Crippen molar-refractivity contribution in [1.29, 1.82) is 0 Å². The van der Waals surface area contributed by atoms with E-state index >= 15 is 0 Å². The minimum Gasteiger partial charge on any atom is -0.370 e. The van der Waals surface area contributed by atoms with Gasteiger partial charge in [-0.05, 0) is 19.2 Å². The van der Waals surface area contributed by atoms with Gasteiger partial charge in [0.1, 0.15) is 5.66 Å². The molecule has 7 nitrogen and oxygen atoms in total. The summed E-state index contributed by atoms with van der Waals surface area (Å²) in [5.41, 5.74) is 12.4. The highest BCUT2D eigenvalue weighted by Crippen LogP contribution is 2.24. The van der Waals surface area contributed by atoms with Crippen molar-refractivity contribution < 1.29 is 4.79 Å². The lowest BCUT2D eigenvalue weighted by Gasteiger charge is -2.35. The van der Waals surface area contributed by atoms with Gasteiger partial charge in [0.25, 0.3) is 5.91 Å². The fourth-order valence-corrected chi connectivity index (χ4v) is 2.89. The second kappa shape index (κ2) is 6.02. The van der Waals surface area contributed by atoms with Crippen LogP contribution in [0.4, 0.5) is 0 Å². The maximum Gasteiger partial charge on any atom is 0.254 e. The molecule has 2 heterocycles. The molecule has 2 aliphatic rings. The van der Waals surface area contributed by atoms with Crippen LogP contribution in [0.25, 0.3) is 0 Å². The third-order valence-corrected chi connectivity index (χ3v) is 4.28. The average Bonchev–Trinajstić information content (AvgIpc) is 2.55. The lowest BCUT2D eigenvalue weighted by molar-refractivity contribution is 0.0661. The summed E-state index contributed by atoms with van der Waals surface area (Å²) in [6, 6.07) is 7.36. The Kier molecular flexibility index (Phi) is 4.06. The first-order valence-electron chi connectivity index (χ1n) is 7.65. The summed E-state index contributed by atoms with van der Waals surface area (Å²) in [6.07, 6.45) is 3.27. The molecule has 1 atom stereocenters. The molecule has 3 rings (SSSR count). The Balaban J connectivity index is 1.91. The molecule has 1 saturated heterocycles. The van der Waals surface area contributed by atoms with E-state index < -0.39 is 5.66 Å². The Hall–Kier alpha value is -2.38. The summed E-state index contributed by atoms with van der Waals surface area (Å²) in [5.74, 6) is 0.228. The van der Waals surface area contributed by atoms with Crippen LogP contribution in [-0.4, -0.2) is 54.9 Å². The van der Waals surface area contributed by atoms with Gasteiger partial charge in [-0.3, -0.25) is 4.79 Å². The monoisotopic (exact) mass is 314 g/mol. The van der Waals surface area contributed by atoms with Crippen molar-refractivity contribution in [2.45, 2.75) is 5.66 Å². The quantitative estimate of drug-likeness (QED) is 0.691. The summed E-state index contributed by atoms with van der Waals surface area (Å²) in [6.45, 7) is 3.18. The largest absolute Gasteiger partial charge is 0.370 e. The van der Waals surface area contributed by atoms with Gasteiger partial charge in [0.15, 0.2) is 5.96 Å². The number of guanidine groups is 1. The fraction of sp³-hybridized carbons (Fsp3) is 0.375. The van der Waals surface area contributed by atoms with Crippen molar-refractivity contribution in [3.8, 4) is 0 Å². The second-order valence-electron chi connectivity index (χ2n) is 5.97. The predicted octanol–water partition coefficient (Wildman–Crippen LogP) is -0.383. The van der Waals surface area contributed by atoms with Gasteiger partial charge in [0.2, 0.25) is 0 Å². The van der Waals surface area contributed by atoms with Crippen molar-refractivity contribution in [3.05, 3.63) is 47.7 Å². The van der Waals surface area contributed by atoms with Crippen molar-refractivity contribution in [1.82, 2.24) is 15.1 Å². The number of carbonyl (C=O) groups is 1. The van der Waals surface area contributed by atoms with Gasteiger partial charge in [-0.2, -0.15) is 0 Å². The van der Waals surface area contributed by atoms with Crippen LogP contribution in [0.1, 0.15) is 15.9 Å². The average molecular weight is 314 g/mol. The number of hydrogen-bond donors (Lipinski definition) is 3. The van der Waals surface area contributed by atoms with E-state index in [2.05, 4.69) is 22.3 Å². The first-order chi connectivity index (χ1) is 11.0. The van der Waals surface area contributed by atoms with Crippen molar-refractivity contribution >= 4 is 11.9 Å². The summed E-state index contributed by atoms with van der Waals surface area (Å²) >= 11 is 0. The number of piperazine rings is 1. The zero-order chi connectivity index (χ0) is 16.4. The predicted molar refractivity (Wildman–Crippen MR) is 89.6 cm³/mol. The van der Waals surface area contributed by atoms with E-state index in [0.29, 0.717) is 24.2 Å². The molecule has 0 bridgehead atoms. The minimum absolute atomic E-state index is 0.00481. The zero-order valence-electron chi connectivity index (χ0n) is 13.2. The van der Waals surface area contributed by atoms with E-state index in [4.69, 9.17) is 11.5 Å². The molecule has 1 aromatic carbocycles. The molecule has 1 amide bonds. The molecule has 0 spiro atoms. The van der Waals surface area contributed by atoms with Crippen molar-refractivity contribution in [3.63, 3.8) is 0 Å². The van der Waals surface area contributed by atoms with Crippen LogP contribution in [0.2, 0.25) is 0 Å². The van der Waals surface area contributed by atoms with E-state index in [9.17, 15) is 4.79 Å². The third-order valence-electron chi connectivity index (χ3n) is 4.28. The van der Waals surface area contributed by atoms with E-state index in [1.165, 1.54) is 0 Å². The first-order valence-corrected chi connectivity index (χ1v) is 7.65. The molecule has 7 heteroatoms. The molecule has 0 aromatic heterocycles. The summed E-state index contributed by atoms with van der Waals surface area (Å²) in [7, 11) is 2.06. The van der Waals surface area contributed by atoms with Crippen LogP contribution in [0.5, 0.6) is 0 Å². The fourth-order valence-electron chi connectivity index (χ4n) is 2.89. The molecule has 2 aliphatic heterocycles. The molecular formula is C16H22N6O. The number of nitrogens with one attached hydrogen (secondary N) is 1. The topological polar surface area (TPSA) is 100.0 Å². The van der Waals surface area contributed by atoms with Gasteiger partial charge in [-0.1, -0.05) is 18.2 Å². The van der Waals surface area contributed by atoms with Gasteiger partial charge in [-0.15, -0.1) is 0 Å². The highest BCUT2D eigenvalue weighted by molar-refractivity contribution is 5.96. The Bertz CT molecular complexity index is 662. The van der Waals surface area contributed by atoms with Gasteiger partial charge >= 0.3 is 0 Å². The number of amides is 1. The third kappa shape index (κ3) is 3.06. The number of aliphatic imine (C=N–C) groups is 1. The van der Waals surface area contributed by atoms with Crippen LogP contribution in [-0.2, 0) is 5.66 Å². The summed E-state index contributed by atoms with van der Waals surface area (Å²) < 4.78 is 0. The van der Waals surface area contributed by atoms with Crippen molar-refractivity contribution in [2.24, 2.45) is 16.5 Å². The Morgan fingerprint density at radius 2 is 1.96 bits per heavy atom. The van der Waals surface area contributed by atoms with E-state index in [1.807, 2.05) is 29.2 Å². The second-order valence-corrected chi connectivity index (χ2v) is 5.97. The maximum absolute atomic E-state index is 12.9. The molecule has 0 saturated carbocycles. The van der Waals surface area contributed by atoms with Gasteiger partial charge < -0.3 is 26.6 Å². The molecule has 1 fully saturated rings. The van der Waals surface area contributed by atoms with E-state index in [-0.39, 0.29) is 11.9 Å². The number of likely N-dealkylation sites (N-methyl/N-ethyl adjacent to an activating group) is 1. The van der Waals surface area contributed by atoms with Crippen LogP contribution in [0.3, 0.4) is 0 Å². The minimum atomic E-state index is -1.04. The maximum atomic E-state index is 12.9.